The molecule has 0 N–H and O–H groups in total. The van der Waals surface area contributed by atoms with Gasteiger partial charge in [-0.2, -0.15) is 0 Å². The van der Waals surface area contributed by atoms with E-state index in [9.17, 15) is 4.79 Å². The largest absolute Gasteiger partial charge is 0.491 e. The fourth-order valence-corrected chi connectivity index (χ4v) is 2.11. The minimum atomic E-state index is 0.0911. The molecule has 20 heavy (non-hydrogen) atoms. The molecule has 2 heteroatoms. The number of rotatable bonds is 4. The smallest absolute Gasteiger partial charge is 0.159 e. The predicted octanol–water partition coefficient (Wildman–Crippen LogP) is 4.65. The topological polar surface area (TPSA) is 26.3 Å². The second-order valence-corrected chi connectivity index (χ2v) is 5.28. The van der Waals surface area contributed by atoms with Crippen LogP contribution in [0.2, 0.25) is 0 Å². The van der Waals surface area contributed by atoms with Gasteiger partial charge in [0.25, 0.3) is 0 Å². The van der Waals surface area contributed by atoms with E-state index in [4.69, 9.17) is 4.74 Å². The van der Waals surface area contributed by atoms with E-state index in [1.807, 2.05) is 57.2 Å². The van der Waals surface area contributed by atoms with Crippen LogP contribution in [-0.4, -0.2) is 11.9 Å². The third kappa shape index (κ3) is 3.27. The highest BCUT2D eigenvalue weighted by Crippen LogP contribution is 2.27. The quantitative estimate of drug-likeness (QED) is 0.754. The Balaban J connectivity index is 2.29. The van der Waals surface area contributed by atoms with E-state index in [0.717, 1.165) is 28.0 Å². The number of carbonyl (C=O) groups is 1. The molecule has 2 nitrogen and oxygen atoms in total. The van der Waals surface area contributed by atoms with Gasteiger partial charge in [-0.25, -0.2) is 0 Å². The van der Waals surface area contributed by atoms with Crippen molar-refractivity contribution in [2.45, 2.75) is 33.8 Å². The van der Waals surface area contributed by atoms with Crippen LogP contribution >= 0.6 is 0 Å². The number of ether oxygens (including phenoxy) is 1. The fourth-order valence-electron chi connectivity index (χ4n) is 2.11. The zero-order valence-corrected chi connectivity index (χ0v) is 12.4. The lowest BCUT2D eigenvalue weighted by Crippen LogP contribution is -2.06. The summed E-state index contributed by atoms with van der Waals surface area (Å²) in [5.74, 6) is 1.01. The van der Waals surface area contributed by atoms with E-state index in [1.165, 1.54) is 0 Å². The molecule has 2 rings (SSSR count). The molecule has 0 aliphatic rings. The summed E-state index contributed by atoms with van der Waals surface area (Å²) in [7, 11) is 0. The van der Waals surface area contributed by atoms with Crippen molar-refractivity contribution in [3.8, 4) is 16.9 Å². The monoisotopic (exact) mass is 268 g/mol. The standard InChI is InChI=1S/C18H20O2/c1-12(2)20-18-10-9-17(11-13(18)3)16-7-5-15(6-8-16)14(4)19/h5-12H,1-4H3. The van der Waals surface area contributed by atoms with Crippen LogP contribution in [0.5, 0.6) is 5.75 Å². The van der Waals surface area contributed by atoms with E-state index in [-0.39, 0.29) is 11.9 Å². The molecule has 0 aliphatic heterocycles. The van der Waals surface area contributed by atoms with Crippen molar-refractivity contribution in [1.29, 1.82) is 0 Å². The summed E-state index contributed by atoms with van der Waals surface area (Å²) in [6.07, 6.45) is 0.175. The van der Waals surface area contributed by atoms with Crippen LogP contribution in [-0.2, 0) is 0 Å². The Morgan fingerprint density at radius 3 is 2.10 bits per heavy atom. The molecule has 104 valence electrons. The van der Waals surface area contributed by atoms with Gasteiger partial charge in [0.15, 0.2) is 5.78 Å². The lowest BCUT2D eigenvalue weighted by atomic mass is 10.0. The fraction of sp³-hybridized carbons (Fsp3) is 0.278. The minimum Gasteiger partial charge on any atom is -0.491 e. The highest BCUT2D eigenvalue weighted by molar-refractivity contribution is 5.94. The average Bonchev–Trinajstić information content (AvgIpc) is 2.41. The molecule has 0 bridgehead atoms. The number of ketones is 1. The van der Waals surface area contributed by atoms with Crippen molar-refractivity contribution in [2.24, 2.45) is 0 Å². The second-order valence-electron chi connectivity index (χ2n) is 5.28. The molecule has 2 aromatic rings. The van der Waals surface area contributed by atoms with Crippen LogP contribution in [0.1, 0.15) is 36.7 Å². The van der Waals surface area contributed by atoms with E-state index < -0.39 is 0 Å². The molecule has 0 saturated heterocycles. The Labute approximate surface area is 120 Å². The predicted molar refractivity (Wildman–Crippen MR) is 82.4 cm³/mol. The molecule has 0 radical (unpaired) electrons. The van der Waals surface area contributed by atoms with Crippen LogP contribution in [0.4, 0.5) is 0 Å². The van der Waals surface area contributed by atoms with Gasteiger partial charge < -0.3 is 4.74 Å². The first-order valence-electron chi connectivity index (χ1n) is 6.86. The zero-order valence-electron chi connectivity index (χ0n) is 12.4. The number of benzene rings is 2. The first-order chi connectivity index (χ1) is 9.47. The summed E-state index contributed by atoms with van der Waals surface area (Å²) in [4.78, 5) is 11.3. The molecule has 0 heterocycles. The van der Waals surface area contributed by atoms with Gasteiger partial charge >= 0.3 is 0 Å². The zero-order chi connectivity index (χ0) is 14.7. The van der Waals surface area contributed by atoms with Crippen molar-refractivity contribution in [3.63, 3.8) is 0 Å². The van der Waals surface area contributed by atoms with Gasteiger partial charge in [-0.3, -0.25) is 4.79 Å². The number of hydrogen-bond acceptors (Lipinski definition) is 2. The summed E-state index contributed by atoms with van der Waals surface area (Å²) in [5, 5.41) is 0. The van der Waals surface area contributed by atoms with E-state index in [0.29, 0.717) is 0 Å². The van der Waals surface area contributed by atoms with Crippen molar-refractivity contribution >= 4 is 5.78 Å². The van der Waals surface area contributed by atoms with Crippen molar-refractivity contribution < 1.29 is 9.53 Å². The molecule has 0 amide bonds. The second kappa shape index (κ2) is 5.91. The molecular formula is C18H20O2. The van der Waals surface area contributed by atoms with E-state index >= 15 is 0 Å². The summed E-state index contributed by atoms with van der Waals surface area (Å²) in [6, 6.07) is 13.9. The molecule has 0 aromatic heterocycles. The number of aryl methyl sites for hydroxylation is 1. The third-order valence-corrected chi connectivity index (χ3v) is 3.16. The van der Waals surface area contributed by atoms with Crippen LogP contribution in [0.25, 0.3) is 11.1 Å². The normalized spacial score (nSPS) is 10.7. The number of Topliss-reactive ketones (excluding diaryl/α,β-unsaturated/α-hetero) is 1. The molecule has 0 atom stereocenters. The first-order valence-corrected chi connectivity index (χ1v) is 6.86. The SMILES string of the molecule is CC(=O)c1ccc(-c2ccc(OC(C)C)c(C)c2)cc1. The molecular weight excluding hydrogens is 248 g/mol. The highest BCUT2D eigenvalue weighted by Gasteiger charge is 2.05. The van der Waals surface area contributed by atoms with Gasteiger partial charge in [0.2, 0.25) is 0 Å². The van der Waals surface area contributed by atoms with E-state index in [2.05, 4.69) is 6.07 Å². The van der Waals surface area contributed by atoms with Gasteiger partial charge in [-0.05, 0) is 56.5 Å². The summed E-state index contributed by atoms with van der Waals surface area (Å²) in [5.41, 5.74) is 4.10. The lowest BCUT2D eigenvalue weighted by Gasteiger charge is -2.13. The van der Waals surface area contributed by atoms with Crippen molar-refractivity contribution in [2.75, 3.05) is 0 Å². The van der Waals surface area contributed by atoms with Gasteiger partial charge in [0.05, 0.1) is 6.10 Å². The van der Waals surface area contributed by atoms with Gasteiger partial charge in [-0.1, -0.05) is 30.3 Å². The molecule has 0 spiro atoms. The molecule has 0 fully saturated rings. The molecule has 0 unspecified atom stereocenters. The Bertz CT molecular complexity index is 610. The number of hydrogen-bond donors (Lipinski definition) is 0. The van der Waals surface area contributed by atoms with Gasteiger partial charge in [0, 0.05) is 5.56 Å². The average molecular weight is 268 g/mol. The van der Waals surface area contributed by atoms with E-state index in [1.54, 1.807) is 6.92 Å². The highest BCUT2D eigenvalue weighted by atomic mass is 16.5. The Hall–Kier alpha value is -2.09. The Morgan fingerprint density at radius 1 is 1.00 bits per heavy atom. The van der Waals surface area contributed by atoms with Crippen LogP contribution in [0.15, 0.2) is 42.5 Å². The summed E-state index contributed by atoms with van der Waals surface area (Å²) < 4.78 is 5.74. The number of carbonyl (C=O) groups excluding carboxylic acids is 1. The minimum absolute atomic E-state index is 0.0911. The van der Waals surface area contributed by atoms with Crippen LogP contribution in [0, 0.1) is 6.92 Å². The molecule has 0 saturated carbocycles. The maximum absolute atomic E-state index is 11.3. The maximum atomic E-state index is 11.3. The summed E-state index contributed by atoms with van der Waals surface area (Å²) in [6.45, 7) is 7.67. The summed E-state index contributed by atoms with van der Waals surface area (Å²) >= 11 is 0. The maximum Gasteiger partial charge on any atom is 0.159 e. The Morgan fingerprint density at radius 2 is 1.60 bits per heavy atom. The lowest BCUT2D eigenvalue weighted by molar-refractivity contribution is 0.101. The van der Waals surface area contributed by atoms with Crippen molar-refractivity contribution in [1.82, 2.24) is 0 Å². The van der Waals surface area contributed by atoms with Crippen LogP contribution < -0.4 is 4.74 Å². The third-order valence-electron chi connectivity index (χ3n) is 3.16. The van der Waals surface area contributed by atoms with Gasteiger partial charge in [-0.15, -0.1) is 0 Å². The molecule has 0 aliphatic carbocycles. The molecule has 2 aromatic carbocycles. The van der Waals surface area contributed by atoms with Crippen LogP contribution in [0.3, 0.4) is 0 Å². The Kier molecular flexibility index (Phi) is 4.23. The van der Waals surface area contributed by atoms with Gasteiger partial charge in [0.1, 0.15) is 5.75 Å². The van der Waals surface area contributed by atoms with Crippen molar-refractivity contribution in [3.05, 3.63) is 53.6 Å². The first kappa shape index (κ1) is 14.3.